The van der Waals surface area contributed by atoms with Gasteiger partial charge in [-0.2, -0.15) is 0 Å². The quantitative estimate of drug-likeness (QED) is 0.784. The highest BCUT2D eigenvalue weighted by Gasteiger charge is 2.28. The molecule has 0 spiro atoms. The average molecular weight is 288 g/mol. The molecule has 1 aliphatic heterocycles. The van der Waals surface area contributed by atoms with Crippen LogP contribution in [0.3, 0.4) is 0 Å². The molecule has 100 valence electrons. The highest BCUT2D eigenvalue weighted by molar-refractivity contribution is 7.91. The first-order valence-electron chi connectivity index (χ1n) is 6.05. The second-order valence-electron chi connectivity index (χ2n) is 4.91. The fraction of sp³-hybridized carbons (Fsp3) is 0.538. The van der Waals surface area contributed by atoms with E-state index in [9.17, 15) is 8.42 Å². The second kappa shape index (κ2) is 5.10. The van der Waals surface area contributed by atoms with E-state index in [1.54, 1.807) is 0 Å². The summed E-state index contributed by atoms with van der Waals surface area (Å²) >= 11 is 5.81. The lowest BCUT2D eigenvalue weighted by molar-refractivity contribution is 0.568. The van der Waals surface area contributed by atoms with E-state index in [2.05, 4.69) is 11.0 Å². The number of halogens is 1. The van der Waals surface area contributed by atoms with Gasteiger partial charge in [0, 0.05) is 24.2 Å². The Kier molecular flexibility index (Phi) is 3.87. The summed E-state index contributed by atoms with van der Waals surface area (Å²) in [5.74, 6) is 0.989. The Bertz CT molecular complexity index is 542. The summed E-state index contributed by atoms with van der Waals surface area (Å²) in [6, 6.07) is 6.15. The van der Waals surface area contributed by atoms with Crippen LogP contribution < -0.4 is 4.90 Å². The Morgan fingerprint density at radius 3 is 2.72 bits per heavy atom. The first-order chi connectivity index (χ1) is 8.43. The van der Waals surface area contributed by atoms with E-state index in [4.69, 9.17) is 11.6 Å². The number of nitrogens with zero attached hydrogens (tertiary/aromatic N) is 1. The highest BCUT2D eigenvalue weighted by Crippen LogP contribution is 2.26. The molecule has 1 aromatic carbocycles. The molecule has 0 radical (unpaired) electrons. The van der Waals surface area contributed by atoms with Gasteiger partial charge in [0.05, 0.1) is 11.5 Å². The first kappa shape index (κ1) is 13.7. The molecule has 1 unspecified atom stereocenters. The minimum atomic E-state index is -2.86. The van der Waals surface area contributed by atoms with Crippen LogP contribution in [-0.4, -0.2) is 32.5 Å². The van der Waals surface area contributed by atoms with Crippen molar-refractivity contribution >= 4 is 27.1 Å². The van der Waals surface area contributed by atoms with Crippen LogP contribution in [0.4, 0.5) is 5.69 Å². The van der Waals surface area contributed by atoms with Gasteiger partial charge in [0.1, 0.15) is 0 Å². The minimum Gasteiger partial charge on any atom is -0.367 e. The molecule has 0 aromatic heterocycles. The molecule has 5 heteroatoms. The third kappa shape index (κ3) is 2.81. The van der Waals surface area contributed by atoms with Crippen LogP contribution >= 0.6 is 11.6 Å². The van der Waals surface area contributed by atoms with Crippen LogP contribution in [0.5, 0.6) is 0 Å². The molecule has 0 aliphatic carbocycles. The fourth-order valence-electron chi connectivity index (χ4n) is 2.48. The molecule has 2 rings (SSSR count). The van der Waals surface area contributed by atoms with Crippen molar-refractivity contribution in [3.8, 4) is 0 Å². The predicted octanol–water partition coefficient (Wildman–Crippen LogP) is 2.36. The van der Waals surface area contributed by atoms with Crippen LogP contribution in [-0.2, 0) is 15.7 Å². The zero-order chi connectivity index (χ0) is 13.3. The minimum absolute atomic E-state index is 0.0318. The van der Waals surface area contributed by atoms with Crippen molar-refractivity contribution in [1.82, 2.24) is 0 Å². The predicted molar refractivity (Wildman–Crippen MR) is 76.2 cm³/mol. The summed E-state index contributed by atoms with van der Waals surface area (Å²) in [6.07, 6.45) is 0. The summed E-state index contributed by atoms with van der Waals surface area (Å²) < 4.78 is 23.2. The standard InChI is InChI=1S/C13H18ClNO2S/c1-10-7-12(8-14)3-4-13(10)15-5-6-18(16,17)9-11(15)2/h3-4,7,11H,5-6,8-9H2,1-2H3. The van der Waals surface area contributed by atoms with E-state index >= 15 is 0 Å². The number of benzene rings is 1. The molecule has 1 saturated heterocycles. The van der Waals surface area contributed by atoms with Gasteiger partial charge in [-0.05, 0) is 31.0 Å². The van der Waals surface area contributed by atoms with Crippen LogP contribution in [0.25, 0.3) is 0 Å². The maximum absolute atomic E-state index is 11.6. The number of rotatable bonds is 2. The Balaban J connectivity index is 2.27. The lowest BCUT2D eigenvalue weighted by Crippen LogP contribution is -2.47. The van der Waals surface area contributed by atoms with Crippen LogP contribution in [0.2, 0.25) is 0 Å². The molecular formula is C13H18ClNO2S. The lowest BCUT2D eigenvalue weighted by Gasteiger charge is -2.36. The van der Waals surface area contributed by atoms with Crippen molar-refractivity contribution in [2.24, 2.45) is 0 Å². The molecule has 1 atom stereocenters. The van der Waals surface area contributed by atoms with Crippen LogP contribution in [0, 0.1) is 6.92 Å². The third-order valence-electron chi connectivity index (χ3n) is 3.40. The van der Waals surface area contributed by atoms with Crippen LogP contribution in [0.15, 0.2) is 18.2 Å². The molecule has 0 N–H and O–H groups in total. The Hall–Kier alpha value is -0.740. The lowest BCUT2D eigenvalue weighted by atomic mass is 10.1. The van der Waals surface area contributed by atoms with E-state index < -0.39 is 9.84 Å². The molecule has 0 saturated carbocycles. The van der Waals surface area contributed by atoms with E-state index in [0.717, 1.165) is 16.8 Å². The molecule has 0 amide bonds. The summed E-state index contributed by atoms with van der Waals surface area (Å²) in [7, 11) is -2.86. The summed E-state index contributed by atoms with van der Waals surface area (Å²) in [4.78, 5) is 2.17. The average Bonchev–Trinajstić information content (AvgIpc) is 2.29. The van der Waals surface area contributed by atoms with Gasteiger partial charge < -0.3 is 4.90 Å². The largest absolute Gasteiger partial charge is 0.367 e. The van der Waals surface area contributed by atoms with E-state index in [0.29, 0.717) is 12.4 Å². The van der Waals surface area contributed by atoms with E-state index in [1.807, 2.05) is 26.0 Å². The molecule has 1 heterocycles. The Morgan fingerprint density at radius 2 is 2.17 bits per heavy atom. The molecule has 1 aliphatic rings. The van der Waals surface area contributed by atoms with Crippen molar-refractivity contribution in [1.29, 1.82) is 0 Å². The van der Waals surface area contributed by atoms with Crippen molar-refractivity contribution in [3.05, 3.63) is 29.3 Å². The van der Waals surface area contributed by atoms with Crippen molar-refractivity contribution < 1.29 is 8.42 Å². The van der Waals surface area contributed by atoms with Gasteiger partial charge in [-0.3, -0.25) is 0 Å². The van der Waals surface area contributed by atoms with Gasteiger partial charge in [-0.15, -0.1) is 11.6 Å². The normalized spacial score (nSPS) is 23.1. The summed E-state index contributed by atoms with van der Waals surface area (Å²) in [5.41, 5.74) is 3.36. The van der Waals surface area contributed by atoms with Gasteiger partial charge in [0.2, 0.25) is 0 Å². The highest BCUT2D eigenvalue weighted by atomic mass is 35.5. The van der Waals surface area contributed by atoms with Gasteiger partial charge in [-0.25, -0.2) is 8.42 Å². The third-order valence-corrected chi connectivity index (χ3v) is 5.50. The fourth-order valence-corrected chi connectivity index (χ4v) is 4.20. The monoisotopic (exact) mass is 287 g/mol. The van der Waals surface area contributed by atoms with Gasteiger partial charge in [-0.1, -0.05) is 12.1 Å². The van der Waals surface area contributed by atoms with Gasteiger partial charge in [0.15, 0.2) is 9.84 Å². The second-order valence-corrected chi connectivity index (χ2v) is 7.41. The van der Waals surface area contributed by atoms with Crippen molar-refractivity contribution in [3.63, 3.8) is 0 Å². The summed E-state index contributed by atoms with van der Waals surface area (Å²) in [5, 5.41) is 0. The number of sulfone groups is 1. The maximum atomic E-state index is 11.6. The number of aryl methyl sites for hydroxylation is 1. The SMILES string of the molecule is Cc1cc(CCl)ccc1N1CCS(=O)(=O)CC1C. The Morgan fingerprint density at radius 1 is 1.44 bits per heavy atom. The Labute approximate surface area is 114 Å². The number of hydrogen-bond donors (Lipinski definition) is 0. The molecular weight excluding hydrogens is 270 g/mol. The topological polar surface area (TPSA) is 37.4 Å². The smallest absolute Gasteiger partial charge is 0.154 e. The number of alkyl halides is 1. The van der Waals surface area contributed by atoms with E-state index in [1.165, 1.54) is 0 Å². The van der Waals surface area contributed by atoms with Crippen molar-refractivity contribution in [2.45, 2.75) is 25.8 Å². The van der Waals surface area contributed by atoms with Gasteiger partial charge >= 0.3 is 0 Å². The van der Waals surface area contributed by atoms with Crippen LogP contribution in [0.1, 0.15) is 18.1 Å². The molecule has 1 aromatic rings. The molecule has 1 fully saturated rings. The first-order valence-corrected chi connectivity index (χ1v) is 8.41. The number of anilines is 1. The molecule has 0 bridgehead atoms. The van der Waals surface area contributed by atoms with Crippen molar-refractivity contribution in [2.75, 3.05) is 23.0 Å². The number of hydrogen-bond acceptors (Lipinski definition) is 3. The maximum Gasteiger partial charge on any atom is 0.154 e. The zero-order valence-electron chi connectivity index (χ0n) is 10.7. The van der Waals surface area contributed by atoms with E-state index in [-0.39, 0.29) is 17.5 Å². The zero-order valence-corrected chi connectivity index (χ0v) is 12.3. The van der Waals surface area contributed by atoms with Gasteiger partial charge in [0.25, 0.3) is 0 Å². The molecule has 18 heavy (non-hydrogen) atoms. The summed E-state index contributed by atoms with van der Waals surface area (Å²) in [6.45, 7) is 4.58. The molecule has 3 nitrogen and oxygen atoms in total.